The zero-order chi connectivity index (χ0) is 17.1. The van der Waals surface area contributed by atoms with Crippen LogP contribution in [-0.2, 0) is 19.1 Å². The summed E-state index contributed by atoms with van der Waals surface area (Å²) in [4.78, 5) is 23.8. The van der Waals surface area contributed by atoms with E-state index in [0.717, 1.165) is 10.8 Å². The molecule has 1 aliphatic carbocycles. The standard InChI is InChI=1S/C16H27NO4Si/c1-10-12(9-20-3)15(16(19)21-4)14(22(5,6)7)8-13(10)17-11(2)18/h8,10,13H,9H2,1-7H3,(H,17,18)/t10-,13+/m1/s1. The van der Waals surface area contributed by atoms with Gasteiger partial charge in [-0.2, -0.15) is 0 Å². The highest BCUT2D eigenvalue weighted by Crippen LogP contribution is 2.36. The van der Waals surface area contributed by atoms with Gasteiger partial charge < -0.3 is 14.8 Å². The zero-order valence-electron chi connectivity index (χ0n) is 14.6. The minimum absolute atomic E-state index is 0.0157. The van der Waals surface area contributed by atoms with Crippen molar-refractivity contribution in [3.05, 3.63) is 22.4 Å². The monoisotopic (exact) mass is 325 g/mol. The predicted molar refractivity (Wildman–Crippen MR) is 89.1 cm³/mol. The van der Waals surface area contributed by atoms with Gasteiger partial charge in [0.1, 0.15) is 0 Å². The maximum absolute atomic E-state index is 12.3. The molecule has 0 aromatic carbocycles. The Morgan fingerprint density at radius 2 is 1.86 bits per heavy atom. The molecule has 0 aromatic heterocycles. The smallest absolute Gasteiger partial charge is 0.337 e. The predicted octanol–water partition coefficient (Wildman–Crippen LogP) is 2.06. The van der Waals surface area contributed by atoms with Gasteiger partial charge in [-0.15, -0.1) is 0 Å². The summed E-state index contributed by atoms with van der Waals surface area (Å²) in [5, 5.41) is 3.98. The average Bonchev–Trinajstić information content (AvgIpc) is 2.40. The number of carbonyl (C=O) groups excluding carboxylic acids is 2. The number of carbonyl (C=O) groups is 2. The molecule has 124 valence electrons. The second-order valence-corrected chi connectivity index (χ2v) is 11.7. The van der Waals surface area contributed by atoms with Crippen molar-refractivity contribution in [2.45, 2.75) is 39.5 Å². The van der Waals surface area contributed by atoms with Gasteiger partial charge in [-0.05, 0) is 10.8 Å². The number of hydrogen-bond donors (Lipinski definition) is 1. The van der Waals surface area contributed by atoms with Crippen LogP contribution in [0.3, 0.4) is 0 Å². The topological polar surface area (TPSA) is 64.6 Å². The van der Waals surface area contributed by atoms with Crippen molar-refractivity contribution in [2.75, 3.05) is 20.8 Å². The SMILES string of the molecule is COCC1=C(C(=O)OC)C([Si](C)(C)C)=C[C@H](NC(C)=O)[C@@H]1C. The molecule has 0 aromatic rings. The van der Waals surface area contributed by atoms with E-state index in [1.807, 2.05) is 13.0 Å². The molecule has 1 amide bonds. The highest BCUT2D eigenvalue weighted by molar-refractivity contribution is 6.84. The molecule has 0 unspecified atom stereocenters. The summed E-state index contributed by atoms with van der Waals surface area (Å²) >= 11 is 0. The molecule has 0 bridgehead atoms. The normalized spacial score (nSPS) is 22.2. The fourth-order valence-electron chi connectivity index (χ4n) is 2.75. The second-order valence-electron chi connectivity index (χ2n) is 6.67. The molecule has 0 aliphatic heterocycles. The lowest BCUT2D eigenvalue weighted by atomic mass is 9.84. The Morgan fingerprint density at radius 3 is 2.27 bits per heavy atom. The number of nitrogens with one attached hydrogen (secondary N) is 1. The quantitative estimate of drug-likeness (QED) is 0.621. The van der Waals surface area contributed by atoms with Crippen molar-refractivity contribution < 1.29 is 19.1 Å². The fraction of sp³-hybridized carbons (Fsp3) is 0.625. The summed E-state index contributed by atoms with van der Waals surface area (Å²) in [5.41, 5.74) is 1.53. The largest absolute Gasteiger partial charge is 0.465 e. The molecule has 1 rings (SSSR count). The Balaban J connectivity index is 3.47. The Labute approximate surface area is 133 Å². The first-order chi connectivity index (χ1) is 10.1. The van der Waals surface area contributed by atoms with Crippen LogP contribution < -0.4 is 5.32 Å². The number of methoxy groups -OCH3 is 2. The lowest BCUT2D eigenvalue weighted by Crippen LogP contribution is -2.44. The van der Waals surface area contributed by atoms with E-state index in [9.17, 15) is 9.59 Å². The van der Waals surface area contributed by atoms with Crippen LogP contribution >= 0.6 is 0 Å². The van der Waals surface area contributed by atoms with Gasteiger partial charge in [0.2, 0.25) is 5.91 Å². The van der Waals surface area contributed by atoms with Crippen LogP contribution in [0.25, 0.3) is 0 Å². The van der Waals surface area contributed by atoms with Gasteiger partial charge in [0.25, 0.3) is 0 Å². The molecule has 0 fully saturated rings. The van der Waals surface area contributed by atoms with Gasteiger partial charge in [0.05, 0.1) is 33.4 Å². The molecular formula is C16H27NO4Si. The lowest BCUT2D eigenvalue weighted by Gasteiger charge is -2.35. The number of ether oxygens (including phenoxy) is 2. The van der Waals surface area contributed by atoms with Gasteiger partial charge in [0.15, 0.2) is 0 Å². The van der Waals surface area contributed by atoms with Gasteiger partial charge in [-0.25, -0.2) is 4.79 Å². The van der Waals surface area contributed by atoms with E-state index in [0.29, 0.717) is 12.2 Å². The number of rotatable bonds is 5. The van der Waals surface area contributed by atoms with E-state index in [2.05, 4.69) is 25.0 Å². The summed E-state index contributed by atoms with van der Waals surface area (Å²) in [6.07, 6.45) is 2.03. The van der Waals surface area contributed by atoms with Crippen LogP contribution in [-0.4, -0.2) is 46.8 Å². The zero-order valence-corrected chi connectivity index (χ0v) is 15.6. The lowest BCUT2D eigenvalue weighted by molar-refractivity contribution is -0.135. The first kappa shape index (κ1) is 18.6. The molecule has 1 N–H and O–H groups in total. The van der Waals surface area contributed by atoms with Crippen LogP contribution in [0.1, 0.15) is 13.8 Å². The third kappa shape index (κ3) is 4.07. The molecule has 0 spiro atoms. The van der Waals surface area contributed by atoms with Gasteiger partial charge in [0, 0.05) is 20.0 Å². The molecule has 5 nitrogen and oxygen atoms in total. The molecule has 0 radical (unpaired) electrons. The van der Waals surface area contributed by atoms with Crippen molar-refractivity contribution in [1.29, 1.82) is 0 Å². The van der Waals surface area contributed by atoms with E-state index in [-0.39, 0.29) is 23.8 Å². The van der Waals surface area contributed by atoms with E-state index in [1.165, 1.54) is 14.0 Å². The maximum Gasteiger partial charge on any atom is 0.337 e. The first-order valence-electron chi connectivity index (χ1n) is 7.43. The number of amides is 1. The summed E-state index contributed by atoms with van der Waals surface area (Å²) in [7, 11) is 1.20. The fourth-order valence-corrected chi connectivity index (χ4v) is 4.45. The summed E-state index contributed by atoms with van der Waals surface area (Å²) in [5.74, 6) is -0.423. The Hall–Kier alpha value is -1.40. The number of esters is 1. The summed E-state index contributed by atoms with van der Waals surface area (Å²) in [6, 6.07) is -0.127. The number of hydrogen-bond acceptors (Lipinski definition) is 4. The molecule has 0 saturated carbocycles. The van der Waals surface area contributed by atoms with E-state index in [1.54, 1.807) is 7.11 Å². The molecule has 0 saturated heterocycles. The molecule has 22 heavy (non-hydrogen) atoms. The van der Waals surface area contributed by atoms with E-state index >= 15 is 0 Å². The minimum Gasteiger partial charge on any atom is -0.465 e. The third-order valence-electron chi connectivity index (χ3n) is 3.89. The summed E-state index contributed by atoms with van der Waals surface area (Å²) < 4.78 is 10.3. The first-order valence-corrected chi connectivity index (χ1v) is 10.9. The van der Waals surface area contributed by atoms with Gasteiger partial charge >= 0.3 is 5.97 Å². The second kappa shape index (κ2) is 7.24. The van der Waals surface area contributed by atoms with Crippen LogP contribution in [0, 0.1) is 5.92 Å². The van der Waals surface area contributed by atoms with Crippen molar-refractivity contribution in [3.63, 3.8) is 0 Å². The Kier molecular flexibility index (Phi) is 6.14. The third-order valence-corrected chi connectivity index (χ3v) is 5.92. The van der Waals surface area contributed by atoms with Crippen LogP contribution in [0.2, 0.25) is 19.6 Å². The maximum atomic E-state index is 12.3. The Bertz CT molecular complexity index is 517. The summed E-state index contributed by atoms with van der Waals surface area (Å²) in [6.45, 7) is 10.4. The van der Waals surface area contributed by atoms with Crippen LogP contribution in [0.4, 0.5) is 0 Å². The van der Waals surface area contributed by atoms with Crippen LogP contribution in [0.15, 0.2) is 22.4 Å². The average molecular weight is 325 g/mol. The molecule has 0 heterocycles. The Morgan fingerprint density at radius 1 is 1.27 bits per heavy atom. The molecular weight excluding hydrogens is 298 g/mol. The van der Waals surface area contributed by atoms with Crippen molar-refractivity contribution in [2.24, 2.45) is 5.92 Å². The van der Waals surface area contributed by atoms with Crippen LogP contribution in [0.5, 0.6) is 0 Å². The van der Waals surface area contributed by atoms with E-state index < -0.39 is 8.07 Å². The van der Waals surface area contributed by atoms with Crippen molar-refractivity contribution in [3.8, 4) is 0 Å². The van der Waals surface area contributed by atoms with E-state index in [4.69, 9.17) is 9.47 Å². The van der Waals surface area contributed by atoms with Gasteiger partial charge in [-0.1, -0.05) is 32.6 Å². The van der Waals surface area contributed by atoms with Gasteiger partial charge in [-0.3, -0.25) is 4.79 Å². The molecule has 6 heteroatoms. The van der Waals surface area contributed by atoms with Crippen molar-refractivity contribution in [1.82, 2.24) is 5.32 Å². The molecule has 2 atom stereocenters. The van der Waals surface area contributed by atoms with Crippen molar-refractivity contribution >= 4 is 20.0 Å². The highest BCUT2D eigenvalue weighted by atomic mass is 28.3. The molecule has 1 aliphatic rings. The highest BCUT2D eigenvalue weighted by Gasteiger charge is 2.37. The minimum atomic E-state index is -1.80.